The van der Waals surface area contributed by atoms with E-state index >= 15 is 0 Å². The van der Waals surface area contributed by atoms with Crippen LogP contribution in [-0.4, -0.2) is 49.5 Å². The van der Waals surface area contributed by atoms with Crippen molar-refractivity contribution in [2.45, 2.75) is 0 Å². The maximum atomic E-state index is 10.5. The van der Waals surface area contributed by atoms with Gasteiger partial charge in [-0.05, 0) is 14.1 Å². The van der Waals surface area contributed by atoms with Crippen LogP contribution in [0.15, 0.2) is 5.16 Å². The summed E-state index contributed by atoms with van der Waals surface area (Å²) in [6.07, 6.45) is 0.718. The van der Waals surface area contributed by atoms with Gasteiger partial charge >= 0.3 is 5.97 Å². The minimum atomic E-state index is -0.630. The predicted octanol–water partition coefficient (Wildman–Crippen LogP) is -0.449. The molecule has 0 fully saturated rings. The van der Waals surface area contributed by atoms with Crippen molar-refractivity contribution < 1.29 is 14.7 Å². The highest BCUT2D eigenvalue weighted by Gasteiger charge is 1.97. The van der Waals surface area contributed by atoms with Crippen LogP contribution in [0.4, 0.5) is 0 Å². The van der Waals surface area contributed by atoms with Crippen LogP contribution in [0, 0.1) is 0 Å². The molecule has 0 aliphatic heterocycles. The van der Waals surface area contributed by atoms with Crippen molar-refractivity contribution in [1.82, 2.24) is 4.90 Å². The van der Waals surface area contributed by atoms with Crippen LogP contribution in [0.3, 0.4) is 0 Å². The smallest absolute Gasteiger partial charge is 0.352 e. The molecule has 0 saturated heterocycles. The standard InChI is InChI=1S/C6H12N2O3/c1-8(2)3-4-11-6(9)5-7-10/h5,10H,3-4H2,1-2H3. The molecule has 0 saturated carbocycles. The van der Waals surface area contributed by atoms with Gasteiger partial charge in [0.05, 0.1) is 0 Å². The summed E-state index contributed by atoms with van der Waals surface area (Å²) in [6.45, 7) is 0.961. The van der Waals surface area contributed by atoms with Crippen LogP contribution in [0.5, 0.6) is 0 Å². The topological polar surface area (TPSA) is 62.1 Å². The van der Waals surface area contributed by atoms with E-state index in [1.165, 1.54) is 0 Å². The lowest BCUT2D eigenvalue weighted by molar-refractivity contribution is -0.135. The van der Waals surface area contributed by atoms with Crippen molar-refractivity contribution in [2.24, 2.45) is 5.16 Å². The molecule has 0 amide bonds. The Morgan fingerprint density at radius 3 is 2.82 bits per heavy atom. The molecule has 0 bridgehead atoms. The number of carbonyl (C=O) groups excluding carboxylic acids is 1. The van der Waals surface area contributed by atoms with Crippen molar-refractivity contribution in [3.8, 4) is 0 Å². The molecule has 0 aromatic carbocycles. The van der Waals surface area contributed by atoms with Crippen LogP contribution < -0.4 is 0 Å². The first-order valence-electron chi connectivity index (χ1n) is 3.15. The molecule has 0 aliphatic rings. The van der Waals surface area contributed by atoms with Gasteiger partial charge < -0.3 is 14.8 Å². The van der Waals surface area contributed by atoms with E-state index in [1.54, 1.807) is 0 Å². The lowest BCUT2D eigenvalue weighted by Crippen LogP contribution is -2.20. The van der Waals surface area contributed by atoms with Gasteiger partial charge in [-0.3, -0.25) is 0 Å². The zero-order valence-electron chi connectivity index (χ0n) is 6.65. The van der Waals surface area contributed by atoms with Crippen LogP contribution in [0.1, 0.15) is 0 Å². The summed E-state index contributed by atoms with van der Waals surface area (Å²) in [5.41, 5.74) is 0. The molecule has 5 nitrogen and oxygen atoms in total. The maximum Gasteiger partial charge on any atom is 0.352 e. The molecule has 5 heteroatoms. The Balaban J connectivity index is 3.32. The Morgan fingerprint density at radius 2 is 2.36 bits per heavy atom. The number of hydrogen-bond acceptors (Lipinski definition) is 5. The zero-order valence-corrected chi connectivity index (χ0v) is 6.65. The highest BCUT2D eigenvalue weighted by molar-refractivity contribution is 6.22. The van der Waals surface area contributed by atoms with Crippen LogP contribution in [0.25, 0.3) is 0 Å². The van der Waals surface area contributed by atoms with Crippen molar-refractivity contribution in [2.75, 3.05) is 27.2 Å². The summed E-state index contributed by atoms with van der Waals surface area (Å²) < 4.78 is 4.60. The number of nitrogens with zero attached hydrogens (tertiary/aromatic N) is 2. The fourth-order valence-corrected chi connectivity index (χ4v) is 0.413. The maximum absolute atomic E-state index is 10.5. The fraction of sp³-hybridized carbons (Fsp3) is 0.667. The number of hydrogen-bond donors (Lipinski definition) is 1. The molecule has 0 aromatic heterocycles. The van der Waals surface area contributed by atoms with Crippen LogP contribution in [0.2, 0.25) is 0 Å². The van der Waals surface area contributed by atoms with E-state index in [1.807, 2.05) is 19.0 Å². The van der Waals surface area contributed by atoms with Gasteiger partial charge in [-0.2, -0.15) is 0 Å². The molecule has 0 radical (unpaired) electrons. The molecule has 0 heterocycles. The normalized spacial score (nSPS) is 10.8. The first-order valence-corrected chi connectivity index (χ1v) is 3.15. The largest absolute Gasteiger partial charge is 0.460 e. The third-order valence-corrected chi connectivity index (χ3v) is 0.946. The highest BCUT2D eigenvalue weighted by atomic mass is 16.5. The second kappa shape index (κ2) is 5.67. The number of ether oxygens (including phenoxy) is 1. The van der Waals surface area contributed by atoms with Gasteiger partial charge in [0.15, 0.2) is 6.21 Å². The molecule has 0 aromatic rings. The van der Waals surface area contributed by atoms with Gasteiger partial charge in [0.2, 0.25) is 0 Å². The second-order valence-electron chi connectivity index (χ2n) is 2.22. The van der Waals surface area contributed by atoms with E-state index in [-0.39, 0.29) is 0 Å². The summed E-state index contributed by atoms with van der Waals surface area (Å²) in [6, 6.07) is 0. The van der Waals surface area contributed by atoms with Crippen LogP contribution in [-0.2, 0) is 9.53 Å². The Bertz CT molecular complexity index is 145. The average Bonchev–Trinajstić information content (AvgIpc) is 1.87. The molecule has 0 spiro atoms. The highest BCUT2D eigenvalue weighted by Crippen LogP contribution is 1.78. The molecule has 11 heavy (non-hydrogen) atoms. The summed E-state index contributed by atoms with van der Waals surface area (Å²) >= 11 is 0. The minimum Gasteiger partial charge on any atom is -0.460 e. The molecule has 0 atom stereocenters. The number of esters is 1. The molecule has 1 N–H and O–H groups in total. The summed E-state index contributed by atoms with van der Waals surface area (Å²) in [5, 5.41) is 10.4. The number of likely N-dealkylation sites (N-methyl/N-ethyl adjacent to an activating group) is 1. The van der Waals surface area contributed by atoms with E-state index in [4.69, 9.17) is 5.21 Å². The van der Waals surface area contributed by atoms with Crippen LogP contribution >= 0.6 is 0 Å². The molecular formula is C6H12N2O3. The Morgan fingerprint density at radius 1 is 1.73 bits per heavy atom. The van der Waals surface area contributed by atoms with Gasteiger partial charge in [0.25, 0.3) is 0 Å². The lowest BCUT2D eigenvalue weighted by atomic mass is 10.6. The van der Waals surface area contributed by atoms with E-state index in [9.17, 15) is 4.79 Å². The summed E-state index contributed by atoms with van der Waals surface area (Å²) in [4.78, 5) is 12.4. The minimum absolute atomic E-state index is 0.303. The summed E-state index contributed by atoms with van der Waals surface area (Å²) in [7, 11) is 3.74. The first kappa shape index (κ1) is 9.90. The quantitative estimate of drug-likeness (QED) is 0.262. The van der Waals surface area contributed by atoms with E-state index in [0.717, 1.165) is 6.21 Å². The predicted molar refractivity (Wildman–Crippen MR) is 39.8 cm³/mol. The number of rotatable bonds is 4. The third-order valence-electron chi connectivity index (χ3n) is 0.946. The molecule has 0 unspecified atom stereocenters. The van der Waals surface area contributed by atoms with E-state index in [2.05, 4.69) is 9.89 Å². The summed E-state index contributed by atoms with van der Waals surface area (Å²) in [5.74, 6) is -0.630. The first-order chi connectivity index (χ1) is 5.16. The zero-order chi connectivity index (χ0) is 8.69. The van der Waals surface area contributed by atoms with E-state index in [0.29, 0.717) is 13.2 Å². The van der Waals surface area contributed by atoms with Crippen molar-refractivity contribution in [3.63, 3.8) is 0 Å². The Kier molecular flexibility index (Phi) is 5.10. The van der Waals surface area contributed by atoms with Crippen molar-refractivity contribution >= 4 is 12.2 Å². The lowest BCUT2D eigenvalue weighted by Gasteiger charge is -2.07. The molecular weight excluding hydrogens is 148 g/mol. The van der Waals surface area contributed by atoms with Gasteiger partial charge in [0.1, 0.15) is 6.61 Å². The monoisotopic (exact) mass is 160 g/mol. The Labute approximate surface area is 65.2 Å². The Hall–Kier alpha value is -1.10. The number of carbonyl (C=O) groups is 1. The van der Waals surface area contributed by atoms with E-state index < -0.39 is 5.97 Å². The number of oxime groups is 1. The average molecular weight is 160 g/mol. The fourth-order valence-electron chi connectivity index (χ4n) is 0.413. The van der Waals surface area contributed by atoms with Gasteiger partial charge in [-0.25, -0.2) is 4.79 Å². The van der Waals surface area contributed by atoms with Crippen molar-refractivity contribution in [1.29, 1.82) is 0 Å². The second-order valence-corrected chi connectivity index (χ2v) is 2.22. The SMILES string of the molecule is CN(C)CCOC(=O)C=NO. The van der Waals surface area contributed by atoms with Gasteiger partial charge in [0, 0.05) is 6.54 Å². The molecule has 0 rings (SSSR count). The molecule has 0 aliphatic carbocycles. The third kappa shape index (κ3) is 6.79. The van der Waals surface area contributed by atoms with Gasteiger partial charge in [-0.15, -0.1) is 0 Å². The molecule has 64 valence electrons. The van der Waals surface area contributed by atoms with Gasteiger partial charge in [-0.1, -0.05) is 5.16 Å². The van der Waals surface area contributed by atoms with Crippen molar-refractivity contribution in [3.05, 3.63) is 0 Å².